The van der Waals surface area contributed by atoms with Crippen molar-refractivity contribution in [1.82, 2.24) is 19.9 Å². The van der Waals surface area contributed by atoms with Crippen LogP contribution in [-0.2, 0) is 10.0 Å². The Bertz CT molecular complexity index is 1480. The van der Waals surface area contributed by atoms with Crippen molar-refractivity contribution >= 4 is 15.8 Å². The van der Waals surface area contributed by atoms with Gasteiger partial charge in [0.25, 0.3) is 15.6 Å². The molecule has 4 aromatic rings. The van der Waals surface area contributed by atoms with E-state index in [1.807, 2.05) is 6.92 Å². The van der Waals surface area contributed by atoms with Crippen LogP contribution in [0.25, 0.3) is 11.6 Å². The molecule has 0 bridgehead atoms. The van der Waals surface area contributed by atoms with Crippen molar-refractivity contribution in [2.45, 2.75) is 24.7 Å². The van der Waals surface area contributed by atoms with Crippen LogP contribution in [0.15, 0.2) is 82.7 Å². The lowest BCUT2D eigenvalue weighted by atomic mass is 10.3. The fraction of sp³-hybridized carbons (Fsp3) is 0.200. The van der Waals surface area contributed by atoms with E-state index >= 15 is 0 Å². The average Bonchev–Trinajstić information content (AvgIpc) is 2.91. The largest absolute Gasteiger partial charge is 0.493 e. The highest BCUT2D eigenvalue weighted by atomic mass is 32.2. The molecule has 0 saturated heterocycles. The van der Waals surface area contributed by atoms with Crippen molar-refractivity contribution in [3.63, 3.8) is 0 Å². The summed E-state index contributed by atoms with van der Waals surface area (Å²) in [6.07, 6.45) is 4.22. The molecular weight excluding hydrogens is 482 g/mol. The van der Waals surface area contributed by atoms with E-state index in [0.717, 1.165) is 4.31 Å². The summed E-state index contributed by atoms with van der Waals surface area (Å²) in [5.41, 5.74) is -0.696. The van der Waals surface area contributed by atoms with E-state index in [4.69, 9.17) is 9.47 Å². The van der Waals surface area contributed by atoms with E-state index in [2.05, 4.69) is 19.9 Å². The Morgan fingerprint density at radius 2 is 1.61 bits per heavy atom. The predicted octanol–water partition coefficient (Wildman–Crippen LogP) is 4.02. The summed E-state index contributed by atoms with van der Waals surface area (Å²) < 4.78 is 40.0. The Morgan fingerprint density at radius 3 is 2.28 bits per heavy atom. The summed E-state index contributed by atoms with van der Waals surface area (Å²) in [6, 6.07) is 16.3. The maximum Gasteiger partial charge on any atom is 0.296 e. The molecule has 186 valence electrons. The first-order chi connectivity index (χ1) is 17.5. The van der Waals surface area contributed by atoms with Gasteiger partial charge in [0.15, 0.2) is 29.0 Å². The number of nitrogens with one attached hydrogen (secondary N) is 1. The molecule has 0 atom stereocenters. The van der Waals surface area contributed by atoms with E-state index in [1.54, 1.807) is 48.5 Å². The van der Waals surface area contributed by atoms with Gasteiger partial charge >= 0.3 is 0 Å². The monoisotopic (exact) mass is 507 g/mol. The van der Waals surface area contributed by atoms with E-state index in [0.29, 0.717) is 18.6 Å². The van der Waals surface area contributed by atoms with Gasteiger partial charge in [-0.3, -0.25) is 4.79 Å². The van der Waals surface area contributed by atoms with Crippen molar-refractivity contribution in [3.8, 4) is 28.9 Å². The molecule has 0 amide bonds. The van der Waals surface area contributed by atoms with Crippen LogP contribution in [0.2, 0.25) is 0 Å². The molecule has 0 saturated carbocycles. The molecule has 0 unspecified atom stereocenters. The van der Waals surface area contributed by atoms with E-state index < -0.39 is 15.6 Å². The first kappa shape index (κ1) is 24.9. The van der Waals surface area contributed by atoms with Crippen LogP contribution in [0.4, 0.5) is 5.82 Å². The van der Waals surface area contributed by atoms with E-state index in [1.165, 1.54) is 31.6 Å². The van der Waals surface area contributed by atoms with Gasteiger partial charge in [0, 0.05) is 18.9 Å². The number of hydrogen-bond acceptors (Lipinski definition) is 8. The van der Waals surface area contributed by atoms with Crippen LogP contribution in [0.3, 0.4) is 0 Å². The molecule has 0 aliphatic carbocycles. The number of anilines is 1. The summed E-state index contributed by atoms with van der Waals surface area (Å²) in [7, 11) is -2.64. The fourth-order valence-electron chi connectivity index (χ4n) is 3.41. The van der Waals surface area contributed by atoms with Gasteiger partial charge in [-0.05, 0) is 36.8 Å². The number of hydrogen-bond donors (Lipinski definition) is 1. The standard InChI is InChI=1S/C25H25N5O5S/c1-3-4-17-30(36(32,33)18-11-6-5-7-12-18)24-21(35-20-14-9-8-13-19(20)34-2)25(31)29-23(28-24)22-26-15-10-16-27-22/h5-16H,3-4,17H2,1-2H3,(H,28,29,31). The molecule has 0 spiro atoms. The molecule has 2 aromatic carbocycles. The van der Waals surface area contributed by atoms with Crippen LogP contribution in [0, 0.1) is 0 Å². The second-order valence-electron chi connectivity index (χ2n) is 7.64. The van der Waals surface area contributed by atoms with Crippen LogP contribution in [-0.4, -0.2) is 42.0 Å². The van der Waals surface area contributed by atoms with Crippen LogP contribution < -0.4 is 19.3 Å². The van der Waals surface area contributed by atoms with Gasteiger partial charge < -0.3 is 14.5 Å². The van der Waals surface area contributed by atoms with Crippen molar-refractivity contribution < 1.29 is 17.9 Å². The van der Waals surface area contributed by atoms with Gasteiger partial charge in [-0.25, -0.2) is 27.7 Å². The molecule has 11 heteroatoms. The van der Waals surface area contributed by atoms with E-state index in [9.17, 15) is 13.2 Å². The summed E-state index contributed by atoms with van der Waals surface area (Å²) >= 11 is 0. The lowest BCUT2D eigenvalue weighted by Crippen LogP contribution is -2.34. The minimum atomic E-state index is -4.11. The predicted molar refractivity (Wildman–Crippen MR) is 135 cm³/mol. The average molecular weight is 508 g/mol. The molecule has 0 radical (unpaired) electrons. The molecule has 0 fully saturated rings. The summed E-state index contributed by atoms with van der Waals surface area (Å²) in [4.78, 5) is 28.8. The highest BCUT2D eigenvalue weighted by Crippen LogP contribution is 2.36. The molecule has 1 N–H and O–H groups in total. The van der Waals surface area contributed by atoms with Gasteiger partial charge in [0.05, 0.1) is 12.0 Å². The van der Waals surface area contributed by atoms with Gasteiger partial charge in [0.1, 0.15) is 0 Å². The smallest absolute Gasteiger partial charge is 0.296 e. The zero-order chi connectivity index (χ0) is 25.5. The number of sulfonamides is 1. The first-order valence-electron chi connectivity index (χ1n) is 11.3. The Hall–Kier alpha value is -4.25. The van der Waals surface area contributed by atoms with Gasteiger partial charge in [0.2, 0.25) is 5.75 Å². The molecule has 36 heavy (non-hydrogen) atoms. The van der Waals surface area contributed by atoms with Crippen molar-refractivity contribution in [3.05, 3.63) is 83.4 Å². The number of methoxy groups -OCH3 is 1. The Kier molecular flexibility index (Phi) is 7.59. The minimum absolute atomic E-state index is 0.00716. The summed E-state index contributed by atoms with van der Waals surface area (Å²) in [6.45, 7) is 2.01. The number of benzene rings is 2. The maximum absolute atomic E-state index is 13.8. The number of H-pyrrole nitrogens is 1. The number of aromatic nitrogens is 4. The van der Waals surface area contributed by atoms with Crippen molar-refractivity contribution in [1.29, 1.82) is 0 Å². The third-order valence-corrected chi connectivity index (χ3v) is 7.00. The number of para-hydroxylation sites is 2. The van der Waals surface area contributed by atoms with Gasteiger partial charge in [-0.15, -0.1) is 0 Å². The molecule has 0 aliphatic rings. The Labute approximate surface area is 208 Å². The summed E-state index contributed by atoms with van der Waals surface area (Å²) in [5.74, 6) is 0.258. The maximum atomic E-state index is 13.8. The lowest BCUT2D eigenvalue weighted by molar-refractivity contribution is 0.377. The fourth-order valence-corrected chi connectivity index (χ4v) is 4.89. The first-order valence-corrected chi connectivity index (χ1v) is 12.7. The topological polar surface area (TPSA) is 127 Å². The molecule has 2 aromatic heterocycles. The van der Waals surface area contributed by atoms with Crippen LogP contribution >= 0.6 is 0 Å². The van der Waals surface area contributed by atoms with Crippen LogP contribution in [0.1, 0.15) is 19.8 Å². The Balaban J connectivity index is 1.95. The molecule has 0 aliphatic heterocycles. The number of rotatable bonds is 10. The van der Waals surface area contributed by atoms with Crippen molar-refractivity contribution in [2.75, 3.05) is 18.0 Å². The second kappa shape index (κ2) is 11.0. The quantitative estimate of drug-likeness (QED) is 0.341. The highest BCUT2D eigenvalue weighted by Gasteiger charge is 2.31. The number of ether oxygens (including phenoxy) is 2. The third kappa shape index (κ3) is 5.20. The van der Waals surface area contributed by atoms with Crippen LogP contribution in [0.5, 0.6) is 17.2 Å². The molecule has 4 rings (SSSR count). The molecule has 10 nitrogen and oxygen atoms in total. The number of aromatic amines is 1. The van der Waals surface area contributed by atoms with Gasteiger partial charge in [-0.1, -0.05) is 43.7 Å². The molecular formula is C25H25N5O5S. The Morgan fingerprint density at radius 1 is 0.944 bits per heavy atom. The second-order valence-corrected chi connectivity index (χ2v) is 9.50. The normalized spacial score (nSPS) is 11.2. The third-order valence-electron chi connectivity index (χ3n) is 5.20. The number of unbranched alkanes of at least 4 members (excludes halogenated alkanes) is 1. The lowest BCUT2D eigenvalue weighted by Gasteiger charge is -2.25. The summed E-state index contributed by atoms with van der Waals surface area (Å²) in [5, 5.41) is 0. The van der Waals surface area contributed by atoms with E-state index in [-0.39, 0.29) is 40.4 Å². The minimum Gasteiger partial charge on any atom is -0.493 e. The SMILES string of the molecule is CCCCN(c1nc(-c2ncccn2)[nH]c(=O)c1Oc1ccccc1OC)S(=O)(=O)c1ccccc1. The zero-order valence-electron chi connectivity index (χ0n) is 19.8. The highest BCUT2D eigenvalue weighted by molar-refractivity contribution is 7.92. The zero-order valence-corrected chi connectivity index (χ0v) is 20.6. The van der Waals surface area contributed by atoms with Crippen molar-refractivity contribution in [2.24, 2.45) is 0 Å². The number of nitrogens with zero attached hydrogens (tertiary/aromatic N) is 4. The molecule has 2 heterocycles. The van der Waals surface area contributed by atoms with Gasteiger partial charge in [-0.2, -0.15) is 0 Å².